The van der Waals surface area contributed by atoms with Crippen LogP contribution in [0, 0.1) is 11.8 Å². The van der Waals surface area contributed by atoms with Crippen molar-refractivity contribution in [2.24, 2.45) is 11.8 Å². The molecule has 3 heterocycles. The summed E-state index contributed by atoms with van der Waals surface area (Å²) in [6.45, 7) is 0. The smallest absolute Gasteiger partial charge is 0.246 e. The Morgan fingerprint density at radius 3 is 2.45 bits per heavy atom. The van der Waals surface area contributed by atoms with Gasteiger partial charge >= 0.3 is 0 Å². The fraction of sp³-hybridized carbons (Fsp3) is 0.560. The van der Waals surface area contributed by atoms with Gasteiger partial charge in [-0.3, -0.25) is 14.4 Å². The molecule has 4 fully saturated rings. The molecule has 1 spiro atoms. The Morgan fingerprint density at radius 2 is 1.76 bits per heavy atom. The first-order valence-corrected chi connectivity index (χ1v) is 12.8. The van der Waals surface area contributed by atoms with E-state index in [4.69, 9.17) is 4.74 Å². The highest BCUT2D eigenvalue weighted by atomic mass is 79.9. The Labute approximate surface area is 201 Å². The van der Waals surface area contributed by atoms with Gasteiger partial charge in [0.15, 0.2) is 0 Å². The summed E-state index contributed by atoms with van der Waals surface area (Å²) in [5.41, 5.74) is -0.398. The lowest BCUT2D eigenvalue weighted by Gasteiger charge is -2.34. The number of amides is 3. The third-order valence-electron chi connectivity index (χ3n) is 7.87. The zero-order valence-electron chi connectivity index (χ0n) is 18.3. The molecule has 0 aromatic heterocycles. The van der Waals surface area contributed by atoms with E-state index in [1.54, 1.807) is 4.90 Å². The van der Waals surface area contributed by atoms with Crippen LogP contribution in [0.25, 0.3) is 0 Å². The number of carbonyl (C=O) groups excluding carboxylic acids is 3. The monoisotopic (exact) mass is 513 g/mol. The van der Waals surface area contributed by atoms with E-state index < -0.39 is 29.6 Å². The quantitative estimate of drug-likeness (QED) is 0.592. The van der Waals surface area contributed by atoms with E-state index in [1.165, 1.54) is 6.42 Å². The van der Waals surface area contributed by atoms with Gasteiger partial charge < -0.3 is 20.3 Å². The summed E-state index contributed by atoms with van der Waals surface area (Å²) in [4.78, 5) is 42.4. The van der Waals surface area contributed by atoms with Gasteiger partial charge in [0.2, 0.25) is 17.7 Å². The first kappa shape index (κ1) is 21.4. The molecule has 33 heavy (non-hydrogen) atoms. The zero-order valence-corrected chi connectivity index (χ0v) is 19.9. The van der Waals surface area contributed by atoms with Crippen molar-refractivity contribution in [3.63, 3.8) is 0 Å². The Bertz CT molecular complexity index is 1020. The summed E-state index contributed by atoms with van der Waals surface area (Å²) in [5, 5.41) is 6.17. The van der Waals surface area contributed by atoms with E-state index in [0.717, 1.165) is 43.0 Å². The molecule has 0 unspecified atom stereocenters. The second-order valence-corrected chi connectivity index (χ2v) is 10.9. The molecule has 1 aromatic carbocycles. The first-order valence-electron chi connectivity index (χ1n) is 12.0. The number of carbonyl (C=O) groups is 3. The summed E-state index contributed by atoms with van der Waals surface area (Å²) in [6, 6.07) is 6.84. The van der Waals surface area contributed by atoms with Crippen molar-refractivity contribution in [1.82, 2.24) is 10.2 Å². The fourth-order valence-electron chi connectivity index (χ4n) is 6.24. The molecule has 2 N–H and O–H groups in total. The van der Waals surface area contributed by atoms with Crippen molar-refractivity contribution in [1.29, 1.82) is 0 Å². The number of fused-ring (bicyclic) bond motifs is 1. The lowest BCUT2D eigenvalue weighted by Crippen LogP contribution is -2.57. The maximum Gasteiger partial charge on any atom is 0.246 e. The van der Waals surface area contributed by atoms with Crippen LogP contribution >= 0.6 is 15.9 Å². The molecule has 5 aliphatic rings. The van der Waals surface area contributed by atoms with Crippen LogP contribution in [0.3, 0.4) is 0 Å². The van der Waals surface area contributed by atoms with Crippen LogP contribution in [0.15, 0.2) is 40.9 Å². The molecule has 8 heteroatoms. The van der Waals surface area contributed by atoms with E-state index in [1.807, 2.05) is 36.4 Å². The molecule has 7 nitrogen and oxygen atoms in total. The molecule has 2 aliphatic carbocycles. The zero-order chi connectivity index (χ0) is 22.7. The Kier molecular flexibility index (Phi) is 5.14. The van der Waals surface area contributed by atoms with Crippen LogP contribution in [-0.4, -0.2) is 52.5 Å². The molecule has 1 aromatic rings. The molecule has 3 aliphatic heterocycles. The summed E-state index contributed by atoms with van der Waals surface area (Å²) in [6.07, 6.45) is 10.4. The Hall–Kier alpha value is -2.19. The molecular weight excluding hydrogens is 486 g/mol. The summed E-state index contributed by atoms with van der Waals surface area (Å²) in [7, 11) is 0. The topological polar surface area (TPSA) is 87.7 Å². The number of nitrogens with zero attached hydrogens (tertiary/aromatic N) is 1. The second kappa shape index (κ2) is 7.94. The van der Waals surface area contributed by atoms with Crippen molar-refractivity contribution in [3.8, 4) is 0 Å². The highest BCUT2D eigenvalue weighted by Gasteiger charge is 2.74. The molecule has 174 valence electrons. The molecule has 5 atom stereocenters. The molecule has 3 amide bonds. The largest absolute Gasteiger partial charge is 0.359 e. The van der Waals surface area contributed by atoms with Crippen LogP contribution in [0.5, 0.6) is 0 Å². The van der Waals surface area contributed by atoms with Gasteiger partial charge in [-0.15, -0.1) is 0 Å². The van der Waals surface area contributed by atoms with Crippen molar-refractivity contribution >= 4 is 39.3 Å². The third kappa shape index (κ3) is 3.44. The maximum atomic E-state index is 13.7. The number of halogens is 1. The van der Waals surface area contributed by atoms with Crippen LogP contribution in [0.2, 0.25) is 0 Å². The first-order chi connectivity index (χ1) is 16.0. The lowest BCUT2D eigenvalue weighted by atomic mass is 9.74. The van der Waals surface area contributed by atoms with E-state index in [2.05, 4.69) is 26.6 Å². The number of rotatable bonds is 5. The highest BCUT2D eigenvalue weighted by molar-refractivity contribution is 9.10. The predicted octanol–water partition coefficient (Wildman–Crippen LogP) is 3.15. The van der Waals surface area contributed by atoms with Gasteiger partial charge in [0.05, 0.1) is 17.9 Å². The standard InChI is InChI=1S/C25H28BrN3O4/c26-14-6-8-16(9-7-14)27-22(30)19-18-12-13-25(33-18)20(19)24(32)29(17-10-11-17)21(25)23(31)28-15-4-2-1-3-5-15/h6-9,12-13,15,17-21H,1-5,10-11H2,(H,27,30)(H,28,31)/t18-,19-,20-,21+,25-/m1/s1. The van der Waals surface area contributed by atoms with E-state index in [-0.39, 0.29) is 29.8 Å². The van der Waals surface area contributed by atoms with Gasteiger partial charge in [-0.2, -0.15) is 0 Å². The van der Waals surface area contributed by atoms with Crippen molar-refractivity contribution in [2.45, 2.75) is 74.8 Å². The number of hydrogen-bond acceptors (Lipinski definition) is 4. The number of likely N-dealkylation sites (tertiary alicyclic amines) is 1. The van der Waals surface area contributed by atoms with Crippen molar-refractivity contribution in [3.05, 3.63) is 40.9 Å². The van der Waals surface area contributed by atoms with Gasteiger partial charge in [0.25, 0.3) is 0 Å². The second-order valence-electron chi connectivity index (χ2n) is 10.0. The molecule has 2 bridgehead atoms. The van der Waals surface area contributed by atoms with Crippen LogP contribution < -0.4 is 10.6 Å². The minimum atomic E-state index is -1.06. The number of nitrogens with one attached hydrogen (secondary N) is 2. The van der Waals surface area contributed by atoms with Gasteiger partial charge in [0.1, 0.15) is 11.6 Å². The fourth-order valence-corrected chi connectivity index (χ4v) is 6.50. The SMILES string of the molecule is O=C(Nc1ccc(Br)cc1)[C@@H]1[C@H]2C=C[C@]3(O2)[C@H](C(=O)NC2CCCCC2)N(C2CC2)C(=O)[C@@H]13. The van der Waals surface area contributed by atoms with Gasteiger partial charge in [-0.05, 0) is 49.9 Å². The minimum Gasteiger partial charge on any atom is -0.359 e. The van der Waals surface area contributed by atoms with Crippen molar-refractivity contribution < 1.29 is 19.1 Å². The minimum absolute atomic E-state index is 0.0609. The number of benzene rings is 1. The van der Waals surface area contributed by atoms with Crippen LogP contribution in [-0.2, 0) is 19.1 Å². The molecule has 6 rings (SSSR count). The van der Waals surface area contributed by atoms with E-state index >= 15 is 0 Å². The highest BCUT2D eigenvalue weighted by Crippen LogP contribution is 2.57. The summed E-state index contributed by atoms with van der Waals surface area (Å²) < 4.78 is 7.29. The number of anilines is 1. The molecule has 2 saturated heterocycles. The molecular formula is C25H28BrN3O4. The predicted molar refractivity (Wildman–Crippen MR) is 125 cm³/mol. The summed E-state index contributed by atoms with van der Waals surface area (Å²) in [5.74, 6) is -1.82. The van der Waals surface area contributed by atoms with E-state index in [9.17, 15) is 14.4 Å². The van der Waals surface area contributed by atoms with Crippen LogP contribution in [0.1, 0.15) is 44.9 Å². The van der Waals surface area contributed by atoms with Crippen LogP contribution in [0.4, 0.5) is 5.69 Å². The van der Waals surface area contributed by atoms with Gasteiger partial charge in [-0.1, -0.05) is 47.3 Å². The summed E-state index contributed by atoms with van der Waals surface area (Å²) >= 11 is 3.40. The maximum absolute atomic E-state index is 13.7. The molecule has 0 radical (unpaired) electrons. The van der Waals surface area contributed by atoms with Gasteiger partial charge in [-0.25, -0.2) is 0 Å². The molecule has 2 saturated carbocycles. The average Bonchev–Trinajstić information content (AvgIpc) is 3.40. The number of ether oxygens (including phenoxy) is 1. The Morgan fingerprint density at radius 1 is 1.03 bits per heavy atom. The Balaban J connectivity index is 1.29. The van der Waals surface area contributed by atoms with Crippen molar-refractivity contribution in [2.75, 3.05) is 5.32 Å². The number of hydrogen-bond donors (Lipinski definition) is 2. The van der Waals surface area contributed by atoms with E-state index in [0.29, 0.717) is 5.69 Å². The lowest BCUT2D eigenvalue weighted by molar-refractivity contribution is -0.142. The normalized spacial score (nSPS) is 35.1. The average molecular weight is 514 g/mol. The third-order valence-corrected chi connectivity index (χ3v) is 8.40. The van der Waals surface area contributed by atoms with Gasteiger partial charge in [0, 0.05) is 22.2 Å².